The van der Waals surface area contributed by atoms with Crippen LogP contribution in [0.25, 0.3) is 0 Å². The van der Waals surface area contributed by atoms with Crippen molar-refractivity contribution in [1.29, 1.82) is 0 Å². The minimum absolute atomic E-state index is 0.0177. The van der Waals surface area contributed by atoms with Gasteiger partial charge in [-0.2, -0.15) is 0 Å². The van der Waals surface area contributed by atoms with Crippen molar-refractivity contribution in [3.05, 3.63) is 103 Å². The van der Waals surface area contributed by atoms with Crippen LogP contribution in [0.15, 0.2) is 91.5 Å². The summed E-state index contributed by atoms with van der Waals surface area (Å²) in [6.07, 6.45) is 4.54. The molecule has 3 aromatic carbocycles. The molecule has 4 nitrogen and oxygen atoms in total. The number of amides is 1. The van der Waals surface area contributed by atoms with Crippen LogP contribution in [0.5, 0.6) is 11.5 Å². The first kappa shape index (κ1) is 21.7. The van der Waals surface area contributed by atoms with Crippen LogP contribution in [0.1, 0.15) is 30.0 Å². The molecular formula is C28H29NO3. The van der Waals surface area contributed by atoms with Gasteiger partial charge < -0.3 is 14.4 Å². The van der Waals surface area contributed by atoms with Crippen molar-refractivity contribution in [2.45, 2.75) is 25.3 Å². The Labute approximate surface area is 190 Å². The fourth-order valence-corrected chi connectivity index (χ4v) is 4.33. The Morgan fingerprint density at radius 2 is 1.62 bits per heavy atom. The van der Waals surface area contributed by atoms with E-state index >= 15 is 0 Å². The number of benzene rings is 3. The van der Waals surface area contributed by atoms with E-state index in [1.165, 1.54) is 5.56 Å². The average molecular weight is 428 g/mol. The van der Waals surface area contributed by atoms with E-state index in [1.807, 2.05) is 47.4 Å². The maximum atomic E-state index is 13.2. The largest absolute Gasteiger partial charge is 0.497 e. The van der Waals surface area contributed by atoms with Gasteiger partial charge in [-0.3, -0.25) is 4.79 Å². The van der Waals surface area contributed by atoms with Gasteiger partial charge in [0.05, 0.1) is 19.1 Å². The Kier molecular flexibility index (Phi) is 6.90. The number of methoxy groups -OCH3 is 1. The van der Waals surface area contributed by atoms with Gasteiger partial charge in [0.1, 0.15) is 18.1 Å². The molecule has 0 unspecified atom stereocenters. The molecule has 1 aliphatic heterocycles. The summed E-state index contributed by atoms with van der Waals surface area (Å²) in [7, 11) is 1.66. The van der Waals surface area contributed by atoms with Gasteiger partial charge in [-0.25, -0.2) is 0 Å². The number of rotatable bonds is 10. The summed E-state index contributed by atoms with van der Waals surface area (Å²) in [5.74, 6) is 1.74. The maximum absolute atomic E-state index is 13.2. The highest BCUT2D eigenvalue weighted by molar-refractivity contribution is 6.03. The number of aryl methyl sites for hydroxylation is 1. The molecule has 1 heterocycles. The van der Waals surface area contributed by atoms with Crippen LogP contribution in [0, 0.1) is 5.92 Å². The number of anilines is 1. The highest BCUT2D eigenvalue weighted by atomic mass is 16.5. The predicted octanol–water partition coefficient (Wildman–Crippen LogP) is 5.99. The molecule has 2 atom stereocenters. The van der Waals surface area contributed by atoms with Crippen LogP contribution in [-0.2, 0) is 11.2 Å². The zero-order chi connectivity index (χ0) is 22.3. The van der Waals surface area contributed by atoms with Crippen molar-refractivity contribution in [3.63, 3.8) is 0 Å². The van der Waals surface area contributed by atoms with Gasteiger partial charge in [-0.15, -0.1) is 0 Å². The molecule has 1 saturated heterocycles. The summed E-state index contributed by atoms with van der Waals surface area (Å²) in [5, 5.41) is 0. The Morgan fingerprint density at radius 1 is 0.938 bits per heavy atom. The van der Waals surface area contributed by atoms with Gasteiger partial charge in [0.15, 0.2) is 0 Å². The summed E-state index contributed by atoms with van der Waals surface area (Å²) in [6, 6.07) is 26.2. The molecule has 4 heteroatoms. The fraction of sp³-hybridized carbons (Fsp3) is 0.250. The van der Waals surface area contributed by atoms with E-state index in [2.05, 4.69) is 43.0 Å². The first-order chi connectivity index (χ1) is 15.7. The summed E-state index contributed by atoms with van der Waals surface area (Å²) >= 11 is 0. The zero-order valence-corrected chi connectivity index (χ0v) is 18.4. The quantitative estimate of drug-likeness (QED) is 0.295. The predicted molar refractivity (Wildman–Crippen MR) is 128 cm³/mol. The lowest BCUT2D eigenvalue weighted by Crippen LogP contribution is -2.55. The molecule has 0 spiro atoms. The number of β-lactam (4-membered cyclic amide) rings is 1. The topological polar surface area (TPSA) is 38.8 Å². The van der Waals surface area contributed by atoms with Crippen molar-refractivity contribution in [2.75, 3.05) is 18.6 Å². The molecule has 3 aromatic rings. The second kappa shape index (κ2) is 10.2. The molecular weight excluding hydrogens is 398 g/mol. The summed E-state index contributed by atoms with van der Waals surface area (Å²) in [6.45, 7) is 4.13. The third-order valence-electron chi connectivity index (χ3n) is 5.98. The van der Waals surface area contributed by atoms with Gasteiger partial charge >= 0.3 is 0 Å². The van der Waals surface area contributed by atoms with Gasteiger partial charge in [-0.1, -0.05) is 55.1 Å². The maximum Gasteiger partial charge on any atom is 0.233 e. The van der Waals surface area contributed by atoms with Gasteiger partial charge in [0, 0.05) is 5.69 Å². The normalized spacial score (nSPS) is 17.5. The molecule has 1 amide bonds. The van der Waals surface area contributed by atoms with E-state index in [4.69, 9.17) is 9.47 Å². The molecule has 0 N–H and O–H groups in total. The highest BCUT2D eigenvalue weighted by Gasteiger charge is 2.48. The lowest BCUT2D eigenvalue weighted by atomic mass is 9.78. The number of carbonyl (C=O) groups is 1. The minimum Gasteiger partial charge on any atom is -0.497 e. The third kappa shape index (κ3) is 4.70. The van der Waals surface area contributed by atoms with E-state index in [0.29, 0.717) is 6.61 Å². The Bertz CT molecular complexity index is 1030. The molecule has 0 aromatic heterocycles. The van der Waals surface area contributed by atoms with E-state index in [1.54, 1.807) is 13.2 Å². The second-order valence-electron chi connectivity index (χ2n) is 8.00. The van der Waals surface area contributed by atoms with Crippen molar-refractivity contribution < 1.29 is 14.3 Å². The van der Waals surface area contributed by atoms with E-state index in [0.717, 1.165) is 42.0 Å². The van der Waals surface area contributed by atoms with Crippen LogP contribution >= 0.6 is 0 Å². The standard InChI is InChI=1S/C28H29NO3/c1-3-20-32-25-18-14-23(15-19-25)29-27(22-12-16-24(31-2)17-13-22)26(28(29)30)11-7-10-21-8-5-4-6-9-21/h3-6,8-9,12-19,26-27H,1,7,10-11,20H2,2H3/t26-,27-/m1/s1. The number of hydrogen-bond donors (Lipinski definition) is 0. The van der Waals surface area contributed by atoms with E-state index < -0.39 is 0 Å². The molecule has 0 saturated carbocycles. The van der Waals surface area contributed by atoms with Crippen LogP contribution in [0.3, 0.4) is 0 Å². The van der Waals surface area contributed by atoms with E-state index in [9.17, 15) is 4.79 Å². The summed E-state index contributed by atoms with van der Waals surface area (Å²) in [5.41, 5.74) is 3.33. The van der Waals surface area contributed by atoms with Crippen LogP contribution in [0.4, 0.5) is 5.69 Å². The summed E-state index contributed by atoms with van der Waals surface area (Å²) < 4.78 is 10.9. The first-order valence-corrected chi connectivity index (χ1v) is 11.1. The minimum atomic E-state index is -0.0243. The lowest BCUT2D eigenvalue weighted by molar-refractivity contribution is -0.130. The van der Waals surface area contributed by atoms with Crippen molar-refractivity contribution in [2.24, 2.45) is 5.92 Å². The highest BCUT2D eigenvalue weighted by Crippen LogP contribution is 2.46. The molecule has 0 bridgehead atoms. The van der Waals surface area contributed by atoms with Gasteiger partial charge in [0.25, 0.3) is 0 Å². The SMILES string of the molecule is C=CCOc1ccc(N2C(=O)[C@H](CCCc3ccccc3)[C@H]2c2ccc(OC)cc2)cc1. The van der Waals surface area contributed by atoms with Crippen molar-refractivity contribution in [3.8, 4) is 11.5 Å². The number of ether oxygens (including phenoxy) is 2. The molecule has 1 aliphatic rings. The van der Waals surface area contributed by atoms with Crippen molar-refractivity contribution in [1.82, 2.24) is 0 Å². The van der Waals surface area contributed by atoms with Crippen LogP contribution in [0.2, 0.25) is 0 Å². The van der Waals surface area contributed by atoms with Gasteiger partial charge in [-0.05, 0) is 66.8 Å². The van der Waals surface area contributed by atoms with Crippen LogP contribution < -0.4 is 14.4 Å². The Hall–Kier alpha value is -3.53. The average Bonchev–Trinajstić information content (AvgIpc) is 2.85. The molecule has 4 rings (SSSR count). The van der Waals surface area contributed by atoms with Crippen LogP contribution in [-0.4, -0.2) is 19.6 Å². The molecule has 32 heavy (non-hydrogen) atoms. The van der Waals surface area contributed by atoms with E-state index in [-0.39, 0.29) is 17.9 Å². The smallest absolute Gasteiger partial charge is 0.233 e. The number of carbonyl (C=O) groups excluding carboxylic acids is 1. The molecule has 164 valence electrons. The Balaban J connectivity index is 1.52. The number of nitrogens with zero attached hydrogens (tertiary/aromatic N) is 1. The first-order valence-electron chi connectivity index (χ1n) is 11.1. The number of hydrogen-bond acceptors (Lipinski definition) is 3. The third-order valence-corrected chi connectivity index (χ3v) is 5.98. The monoisotopic (exact) mass is 427 g/mol. The van der Waals surface area contributed by atoms with Gasteiger partial charge in [0.2, 0.25) is 5.91 Å². The summed E-state index contributed by atoms with van der Waals surface area (Å²) in [4.78, 5) is 15.1. The second-order valence-corrected chi connectivity index (χ2v) is 8.00. The Morgan fingerprint density at radius 3 is 2.28 bits per heavy atom. The lowest BCUT2D eigenvalue weighted by Gasteiger charge is -2.47. The fourth-order valence-electron chi connectivity index (χ4n) is 4.33. The zero-order valence-electron chi connectivity index (χ0n) is 18.4. The molecule has 1 fully saturated rings. The van der Waals surface area contributed by atoms with Crippen molar-refractivity contribution >= 4 is 11.6 Å². The molecule has 0 radical (unpaired) electrons. The molecule has 0 aliphatic carbocycles.